The van der Waals surface area contributed by atoms with E-state index < -0.39 is 6.10 Å². The molecule has 0 fully saturated rings. The predicted octanol–water partition coefficient (Wildman–Crippen LogP) is 1.63. The number of aliphatic hydroxyl groups is 1. The van der Waals surface area contributed by atoms with E-state index in [1.54, 1.807) is 23.9 Å². The van der Waals surface area contributed by atoms with Gasteiger partial charge >= 0.3 is 0 Å². The SMILES string of the molecule is Cc1ccn(-c2cc(C(C)O)ccn2)n1. The molecular formula is C11H13N3O. The van der Waals surface area contributed by atoms with Crippen LogP contribution >= 0.6 is 0 Å². The zero-order chi connectivity index (χ0) is 10.8. The molecule has 0 bridgehead atoms. The Labute approximate surface area is 88.2 Å². The number of hydrogen-bond acceptors (Lipinski definition) is 3. The second kappa shape index (κ2) is 3.82. The Balaban J connectivity index is 2.41. The second-order valence-corrected chi connectivity index (χ2v) is 3.53. The Kier molecular flexibility index (Phi) is 2.51. The molecule has 2 aromatic rings. The normalized spacial score (nSPS) is 12.7. The molecule has 1 unspecified atom stereocenters. The molecule has 2 heterocycles. The molecule has 4 heteroatoms. The highest BCUT2D eigenvalue weighted by atomic mass is 16.3. The highest BCUT2D eigenvalue weighted by Gasteiger charge is 2.04. The first-order valence-electron chi connectivity index (χ1n) is 4.83. The molecule has 1 N–H and O–H groups in total. The Morgan fingerprint density at radius 3 is 2.80 bits per heavy atom. The van der Waals surface area contributed by atoms with Crippen LogP contribution in [0.2, 0.25) is 0 Å². The fourth-order valence-corrected chi connectivity index (χ4v) is 1.36. The summed E-state index contributed by atoms with van der Waals surface area (Å²) >= 11 is 0. The smallest absolute Gasteiger partial charge is 0.153 e. The first kappa shape index (κ1) is 9.86. The molecule has 0 aromatic carbocycles. The molecule has 0 saturated carbocycles. The monoisotopic (exact) mass is 203 g/mol. The van der Waals surface area contributed by atoms with Crippen molar-refractivity contribution in [2.75, 3.05) is 0 Å². The van der Waals surface area contributed by atoms with E-state index in [-0.39, 0.29) is 0 Å². The quantitative estimate of drug-likeness (QED) is 0.807. The summed E-state index contributed by atoms with van der Waals surface area (Å²) in [6.45, 7) is 3.66. The van der Waals surface area contributed by atoms with Crippen LogP contribution in [-0.4, -0.2) is 19.9 Å². The van der Waals surface area contributed by atoms with Gasteiger partial charge in [0.1, 0.15) is 0 Å². The molecule has 0 aliphatic rings. The van der Waals surface area contributed by atoms with E-state index in [0.29, 0.717) is 0 Å². The summed E-state index contributed by atoms with van der Waals surface area (Å²) in [7, 11) is 0. The lowest BCUT2D eigenvalue weighted by Gasteiger charge is -2.06. The van der Waals surface area contributed by atoms with Gasteiger partial charge in [0.05, 0.1) is 11.8 Å². The average Bonchev–Trinajstić information content (AvgIpc) is 2.65. The van der Waals surface area contributed by atoms with Crippen molar-refractivity contribution in [1.29, 1.82) is 0 Å². The van der Waals surface area contributed by atoms with Crippen molar-refractivity contribution in [3.63, 3.8) is 0 Å². The number of aromatic nitrogens is 3. The van der Waals surface area contributed by atoms with Crippen LogP contribution in [0.1, 0.15) is 24.3 Å². The predicted molar refractivity (Wildman–Crippen MR) is 56.7 cm³/mol. The van der Waals surface area contributed by atoms with Crippen molar-refractivity contribution in [3.8, 4) is 5.82 Å². The Hall–Kier alpha value is -1.68. The van der Waals surface area contributed by atoms with Crippen molar-refractivity contribution in [2.24, 2.45) is 0 Å². The molecule has 0 amide bonds. The highest BCUT2D eigenvalue weighted by Crippen LogP contribution is 2.13. The van der Waals surface area contributed by atoms with Crippen molar-refractivity contribution in [2.45, 2.75) is 20.0 Å². The van der Waals surface area contributed by atoms with Crippen molar-refractivity contribution in [3.05, 3.63) is 41.9 Å². The fraction of sp³-hybridized carbons (Fsp3) is 0.273. The lowest BCUT2D eigenvalue weighted by atomic mass is 10.2. The minimum Gasteiger partial charge on any atom is -0.389 e. The lowest BCUT2D eigenvalue weighted by molar-refractivity contribution is 0.199. The molecule has 15 heavy (non-hydrogen) atoms. The minimum absolute atomic E-state index is 0.483. The lowest BCUT2D eigenvalue weighted by Crippen LogP contribution is -2.00. The molecule has 0 spiro atoms. The maximum Gasteiger partial charge on any atom is 0.153 e. The largest absolute Gasteiger partial charge is 0.389 e. The van der Waals surface area contributed by atoms with E-state index in [1.807, 2.05) is 25.3 Å². The van der Waals surface area contributed by atoms with Gasteiger partial charge in [-0.1, -0.05) is 0 Å². The Morgan fingerprint density at radius 1 is 1.40 bits per heavy atom. The molecule has 2 aromatic heterocycles. The molecule has 2 rings (SSSR count). The number of pyridine rings is 1. The van der Waals surface area contributed by atoms with Crippen LogP contribution in [-0.2, 0) is 0 Å². The van der Waals surface area contributed by atoms with Gasteiger partial charge in [-0.2, -0.15) is 5.10 Å². The first-order chi connectivity index (χ1) is 7.16. The topological polar surface area (TPSA) is 50.9 Å². The van der Waals surface area contributed by atoms with Gasteiger partial charge in [0.25, 0.3) is 0 Å². The van der Waals surface area contributed by atoms with Crippen LogP contribution in [0.15, 0.2) is 30.6 Å². The summed E-state index contributed by atoms with van der Waals surface area (Å²) < 4.78 is 1.70. The summed E-state index contributed by atoms with van der Waals surface area (Å²) in [5.41, 5.74) is 1.78. The van der Waals surface area contributed by atoms with Gasteiger partial charge in [0.15, 0.2) is 5.82 Å². The third-order valence-corrected chi connectivity index (χ3v) is 2.21. The molecule has 4 nitrogen and oxygen atoms in total. The summed E-state index contributed by atoms with van der Waals surface area (Å²) in [5, 5.41) is 13.7. The van der Waals surface area contributed by atoms with Gasteiger partial charge < -0.3 is 5.11 Å². The van der Waals surface area contributed by atoms with Crippen LogP contribution in [0.5, 0.6) is 0 Å². The molecule has 1 atom stereocenters. The first-order valence-corrected chi connectivity index (χ1v) is 4.83. The summed E-state index contributed by atoms with van der Waals surface area (Å²) in [5.74, 6) is 0.724. The van der Waals surface area contributed by atoms with Crippen molar-refractivity contribution in [1.82, 2.24) is 14.8 Å². The number of aryl methyl sites for hydroxylation is 1. The van der Waals surface area contributed by atoms with Gasteiger partial charge in [0, 0.05) is 12.4 Å². The summed E-state index contributed by atoms with van der Waals surface area (Å²) in [6, 6.07) is 5.54. The summed E-state index contributed by atoms with van der Waals surface area (Å²) in [6.07, 6.45) is 3.04. The van der Waals surface area contributed by atoms with Gasteiger partial charge in [-0.15, -0.1) is 0 Å². The van der Waals surface area contributed by atoms with E-state index in [4.69, 9.17) is 0 Å². The van der Waals surface area contributed by atoms with Crippen LogP contribution in [0.25, 0.3) is 5.82 Å². The highest BCUT2D eigenvalue weighted by molar-refractivity contribution is 5.28. The number of aliphatic hydroxyl groups excluding tert-OH is 1. The Bertz CT molecular complexity index is 462. The molecule has 0 aliphatic carbocycles. The van der Waals surface area contributed by atoms with Crippen molar-refractivity contribution >= 4 is 0 Å². The minimum atomic E-state index is -0.483. The number of nitrogens with zero attached hydrogens (tertiary/aromatic N) is 3. The van der Waals surface area contributed by atoms with Crippen LogP contribution in [0, 0.1) is 6.92 Å². The number of hydrogen-bond donors (Lipinski definition) is 1. The van der Waals surface area contributed by atoms with Crippen molar-refractivity contribution < 1.29 is 5.11 Å². The van der Waals surface area contributed by atoms with Gasteiger partial charge in [-0.3, -0.25) is 0 Å². The molecule has 0 saturated heterocycles. The third kappa shape index (κ3) is 2.05. The summed E-state index contributed by atoms with van der Waals surface area (Å²) in [4.78, 5) is 4.19. The zero-order valence-corrected chi connectivity index (χ0v) is 8.75. The van der Waals surface area contributed by atoms with E-state index in [2.05, 4.69) is 10.1 Å². The molecular weight excluding hydrogens is 190 g/mol. The van der Waals surface area contributed by atoms with Gasteiger partial charge in [0.2, 0.25) is 0 Å². The fourth-order valence-electron chi connectivity index (χ4n) is 1.36. The van der Waals surface area contributed by atoms with Gasteiger partial charge in [-0.05, 0) is 37.6 Å². The maximum absolute atomic E-state index is 9.44. The van der Waals surface area contributed by atoms with Crippen LogP contribution in [0.4, 0.5) is 0 Å². The van der Waals surface area contributed by atoms with E-state index >= 15 is 0 Å². The molecule has 0 aliphatic heterocycles. The average molecular weight is 203 g/mol. The van der Waals surface area contributed by atoms with Gasteiger partial charge in [-0.25, -0.2) is 9.67 Å². The van der Waals surface area contributed by atoms with E-state index in [9.17, 15) is 5.11 Å². The molecule has 78 valence electrons. The molecule has 0 radical (unpaired) electrons. The third-order valence-electron chi connectivity index (χ3n) is 2.21. The van der Waals surface area contributed by atoms with Crippen LogP contribution in [0.3, 0.4) is 0 Å². The van der Waals surface area contributed by atoms with E-state index in [0.717, 1.165) is 17.1 Å². The Morgan fingerprint density at radius 2 is 2.20 bits per heavy atom. The zero-order valence-electron chi connectivity index (χ0n) is 8.75. The van der Waals surface area contributed by atoms with Crippen LogP contribution < -0.4 is 0 Å². The second-order valence-electron chi connectivity index (χ2n) is 3.53. The maximum atomic E-state index is 9.44. The van der Waals surface area contributed by atoms with E-state index in [1.165, 1.54) is 0 Å². The number of rotatable bonds is 2. The standard InChI is InChI=1S/C11H13N3O/c1-8-4-6-14(13-8)11-7-10(9(2)15)3-5-12-11/h3-7,9,15H,1-2H3.